The van der Waals surface area contributed by atoms with Gasteiger partial charge in [-0.05, 0) is 29.8 Å². The Kier molecular flexibility index (Phi) is 2.43. The zero-order chi connectivity index (χ0) is 9.19. The Morgan fingerprint density at radius 1 is 1.42 bits per heavy atom. The van der Waals surface area contributed by atoms with Crippen LogP contribution in [0.5, 0.6) is 0 Å². The minimum absolute atomic E-state index is 0.549. The van der Waals surface area contributed by atoms with E-state index in [1.54, 1.807) is 26.2 Å². The van der Waals surface area contributed by atoms with Gasteiger partial charge in [0.05, 0.1) is 10.5 Å². The second kappa shape index (κ2) is 3.20. The van der Waals surface area contributed by atoms with E-state index in [1.807, 2.05) is 0 Å². The monoisotopic (exact) mass is 225 g/mol. The lowest BCUT2D eigenvalue weighted by molar-refractivity contribution is 0.628. The highest BCUT2D eigenvalue weighted by molar-refractivity contribution is 9.10. The molecule has 12 heavy (non-hydrogen) atoms. The van der Waals surface area contributed by atoms with E-state index in [0.717, 1.165) is 4.47 Å². The normalized spacial score (nSPS) is 10.8. The van der Waals surface area contributed by atoms with E-state index >= 15 is 0 Å². The molecule has 0 aliphatic heterocycles. The van der Waals surface area contributed by atoms with Crippen molar-refractivity contribution in [3.63, 3.8) is 0 Å². The largest absolute Gasteiger partial charge is 0.238 e. The molecule has 62 valence electrons. The second-order valence-corrected chi connectivity index (χ2v) is 3.88. The zero-order valence-corrected chi connectivity index (χ0v) is 8.46. The second-order valence-electron chi connectivity index (χ2n) is 2.96. The Morgan fingerprint density at radius 2 is 1.92 bits per heavy atom. The molecule has 1 aromatic rings. The molecule has 0 fully saturated rings. The van der Waals surface area contributed by atoms with Gasteiger partial charge >= 0.3 is 0 Å². The van der Waals surface area contributed by atoms with Crippen LogP contribution in [0.1, 0.15) is 19.7 Å². The quantitative estimate of drug-likeness (QED) is 0.736. The van der Waals surface area contributed by atoms with Gasteiger partial charge in [0.25, 0.3) is 0 Å². The van der Waals surface area contributed by atoms with E-state index in [4.69, 9.17) is 5.26 Å². The maximum Gasteiger partial charge on any atom is 0.147 e. The van der Waals surface area contributed by atoms with Gasteiger partial charge in [0.15, 0.2) is 0 Å². The topological polar surface area (TPSA) is 49.6 Å². The highest BCUT2D eigenvalue weighted by Crippen LogP contribution is 2.18. The third-order valence-electron chi connectivity index (χ3n) is 1.46. The molecule has 0 radical (unpaired) electrons. The van der Waals surface area contributed by atoms with Crippen molar-refractivity contribution < 1.29 is 0 Å². The van der Waals surface area contributed by atoms with Crippen LogP contribution in [0.2, 0.25) is 0 Å². The van der Waals surface area contributed by atoms with Crippen molar-refractivity contribution >= 4 is 15.9 Å². The highest BCUT2D eigenvalue weighted by atomic mass is 79.9. The average Bonchev–Trinajstić information content (AvgIpc) is 2.05. The summed E-state index contributed by atoms with van der Waals surface area (Å²) in [4.78, 5) is 8.08. The van der Waals surface area contributed by atoms with Gasteiger partial charge in [0.1, 0.15) is 11.2 Å². The Hall–Kier alpha value is -0.950. The molecule has 0 aliphatic carbocycles. The minimum atomic E-state index is -0.610. The molecule has 0 atom stereocenters. The average molecular weight is 226 g/mol. The van der Waals surface area contributed by atoms with Crippen molar-refractivity contribution in [2.24, 2.45) is 0 Å². The van der Waals surface area contributed by atoms with Crippen molar-refractivity contribution in [3.05, 3.63) is 22.7 Å². The summed E-state index contributed by atoms with van der Waals surface area (Å²) < 4.78 is 0.819. The maximum atomic E-state index is 8.78. The lowest BCUT2D eigenvalue weighted by atomic mass is 9.95. The number of nitriles is 1. The molecule has 1 heterocycles. The third kappa shape index (κ3) is 1.80. The number of rotatable bonds is 1. The van der Waals surface area contributed by atoms with Gasteiger partial charge in [-0.15, -0.1) is 0 Å². The van der Waals surface area contributed by atoms with Gasteiger partial charge in [-0.2, -0.15) is 5.26 Å². The summed E-state index contributed by atoms with van der Waals surface area (Å²) in [6, 6.07) is 2.14. The molecule has 0 saturated carbocycles. The molecule has 4 heteroatoms. The zero-order valence-electron chi connectivity index (χ0n) is 6.87. The molecular formula is C8H8BrN3. The number of aromatic nitrogens is 2. The maximum absolute atomic E-state index is 8.78. The van der Waals surface area contributed by atoms with E-state index in [9.17, 15) is 0 Å². The number of nitrogens with zero attached hydrogens (tertiary/aromatic N) is 3. The summed E-state index contributed by atoms with van der Waals surface area (Å²) in [5.74, 6) is 0.549. The highest BCUT2D eigenvalue weighted by Gasteiger charge is 2.22. The van der Waals surface area contributed by atoms with Crippen LogP contribution in [0.4, 0.5) is 0 Å². The van der Waals surface area contributed by atoms with Crippen LogP contribution >= 0.6 is 15.9 Å². The van der Waals surface area contributed by atoms with Crippen LogP contribution < -0.4 is 0 Å². The molecule has 1 aromatic heterocycles. The van der Waals surface area contributed by atoms with E-state index in [-0.39, 0.29) is 0 Å². The van der Waals surface area contributed by atoms with E-state index in [0.29, 0.717) is 5.82 Å². The van der Waals surface area contributed by atoms with Gasteiger partial charge in [-0.1, -0.05) is 0 Å². The van der Waals surface area contributed by atoms with Gasteiger partial charge in [0.2, 0.25) is 0 Å². The fourth-order valence-electron chi connectivity index (χ4n) is 0.685. The first kappa shape index (κ1) is 9.14. The minimum Gasteiger partial charge on any atom is -0.238 e. The molecule has 0 aromatic carbocycles. The van der Waals surface area contributed by atoms with Crippen molar-refractivity contribution in [1.82, 2.24) is 9.97 Å². The molecule has 3 nitrogen and oxygen atoms in total. The van der Waals surface area contributed by atoms with E-state index in [1.165, 1.54) is 0 Å². The molecule has 0 spiro atoms. The van der Waals surface area contributed by atoms with Crippen LogP contribution in [0.3, 0.4) is 0 Å². The van der Waals surface area contributed by atoms with Crippen molar-refractivity contribution in [2.75, 3.05) is 0 Å². The predicted octanol–water partition coefficient (Wildman–Crippen LogP) is 2.04. The summed E-state index contributed by atoms with van der Waals surface area (Å²) >= 11 is 3.23. The SMILES string of the molecule is CC(C)(C#N)c1ncc(Br)cn1. The van der Waals surface area contributed by atoms with Gasteiger partial charge in [-0.25, -0.2) is 9.97 Å². The fourth-order valence-corrected chi connectivity index (χ4v) is 0.890. The first-order valence-corrected chi connectivity index (χ1v) is 4.25. The summed E-state index contributed by atoms with van der Waals surface area (Å²) in [6.45, 7) is 3.58. The van der Waals surface area contributed by atoms with Crippen LogP contribution in [0.25, 0.3) is 0 Å². The van der Waals surface area contributed by atoms with E-state index < -0.39 is 5.41 Å². The van der Waals surface area contributed by atoms with Gasteiger partial charge in [-0.3, -0.25) is 0 Å². The van der Waals surface area contributed by atoms with Gasteiger partial charge in [0, 0.05) is 12.4 Å². The molecular weight excluding hydrogens is 218 g/mol. The lowest BCUT2D eigenvalue weighted by Gasteiger charge is -2.11. The predicted molar refractivity (Wildman–Crippen MR) is 48.4 cm³/mol. The Bertz CT molecular complexity index is 310. The molecule has 0 aliphatic rings. The standard InChI is InChI=1S/C8H8BrN3/c1-8(2,5-10)7-11-3-6(9)4-12-7/h3-4H,1-2H3. The first-order valence-electron chi connectivity index (χ1n) is 3.45. The summed E-state index contributed by atoms with van der Waals surface area (Å²) in [5.41, 5.74) is -0.610. The van der Waals surface area contributed by atoms with E-state index in [2.05, 4.69) is 32.0 Å². The number of hydrogen-bond acceptors (Lipinski definition) is 3. The van der Waals surface area contributed by atoms with Crippen molar-refractivity contribution in [3.8, 4) is 6.07 Å². The molecule has 0 saturated heterocycles. The van der Waals surface area contributed by atoms with Crippen LogP contribution in [0.15, 0.2) is 16.9 Å². The fraction of sp³-hybridized carbons (Fsp3) is 0.375. The summed E-state index contributed by atoms with van der Waals surface area (Å²) in [7, 11) is 0. The summed E-state index contributed by atoms with van der Waals surface area (Å²) in [6.07, 6.45) is 3.28. The number of hydrogen-bond donors (Lipinski definition) is 0. The lowest BCUT2D eigenvalue weighted by Crippen LogP contribution is -2.17. The number of halogens is 1. The van der Waals surface area contributed by atoms with Crippen LogP contribution in [-0.2, 0) is 5.41 Å². The molecule has 1 rings (SSSR count). The van der Waals surface area contributed by atoms with Crippen LogP contribution in [0, 0.1) is 11.3 Å². The molecule has 0 N–H and O–H groups in total. The van der Waals surface area contributed by atoms with Crippen molar-refractivity contribution in [1.29, 1.82) is 5.26 Å². The summed E-state index contributed by atoms with van der Waals surface area (Å²) in [5, 5.41) is 8.78. The smallest absolute Gasteiger partial charge is 0.147 e. The molecule has 0 amide bonds. The van der Waals surface area contributed by atoms with Crippen LogP contribution in [-0.4, -0.2) is 9.97 Å². The Balaban J connectivity index is 3.07. The van der Waals surface area contributed by atoms with Crippen molar-refractivity contribution in [2.45, 2.75) is 19.3 Å². The van der Waals surface area contributed by atoms with Gasteiger partial charge < -0.3 is 0 Å². The molecule has 0 unspecified atom stereocenters. The Labute approximate surface area is 79.6 Å². The first-order chi connectivity index (χ1) is 5.56. The third-order valence-corrected chi connectivity index (χ3v) is 1.87. The molecule has 0 bridgehead atoms. The Morgan fingerprint density at radius 3 is 2.33 bits per heavy atom.